The summed E-state index contributed by atoms with van der Waals surface area (Å²) in [6.45, 7) is 1.84. The van der Waals surface area contributed by atoms with Crippen LogP contribution < -0.4 is 5.73 Å². The summed E-state index contributed by atoms with van der Waals surface area (Å²) in [5.74, 6) is 0. The quantitative estimate of drug-likeness (QED) is 0.445. The second-order valence-electron chi connectivity index (χ2n) is 7.52. The van der Waals surface area contributed by atoms with Crippen molar-refractivity contribution in [2.75, 3.05) is 0 Å². The monoisotopic (exact) mass is 556 g/mol. The molecule has 28 heavy (non-hydrogen) atoms. The Morgan fingerprint density at radius 1 is 0.714 bits per heavy atom. The van der Waals surface area contributed by atoms with Gasteiger partial charge in [0.15, 0.2) is 0 Å². The van der Waals surface area contributed by atoms with E-state index in [1.165, 1.54) is 53.5 Å². The number of rotatable bonds is 4. The molecule has 0 saturated heterocycles. The molecule has 0 bridgehead atoms. The molecule has 4 rings (SSSR count). The number of hydrogen-bond acceptors (Lipinski definition) is 1. The van der Waals surface area contributed by atoms with Gasteiger partial charge in [0, 0.05) is 6.04 Å². The summed E-state index contributed by atoms with van der Waals surface area (Å²) in [6.07, 6.45) is 12.4. The molecule has 152 valence electrons. The molecule has 0 atom stereocenters. The third-order valence-electron chi connectivity index (χ3n) is 5.16. The molecule has 0 radical (unpaired) electrons. The van der Waals surface area contributed by atoms with Crippen molar-refractivity contribution >= 4 is 0 Å². The van der Waals surface area contributed by atoms with Crippen molar-refractivity contribution in [1.82, 2.24) is 9.13 Å². The summed E-state index contributed by atoms with van der Waals surface area (Å²) >= 11 is 2.40. The van der Waals surface area contributed by atoms with Gasteiger partial charge in [0.05, 0.1) is 0 Å². The van der Waals surface area contributed by atoms with Crippen LogP contribution in [-0.4, -0.2) is 15.2 Å². The van der Waals surface area contributed by atoms with Gasteiger partial charge in [-0.25, -0.2) is 0 Å². The van der Waals surface area contributed by atoms with Crippen LogP contribution in [-0.2, 0) is 32.4 Å². The van der Waals surface area contributed by atoms with Gasteiger partial charge < -0.3 is 5.73 Å². The molecule has 1 aliphatic carbocycles. The molecular formula is C24H31N3Pt. The Hall–Kier alpha value is -1.70. The predicted molar refractivity (Wildman–Crippen MR) is 112 cm³/mol. The van der Waals surface area contributed by atoms with Crippen molar-refractivity contribution in [3.8, 4) is 0 Å². The molecular weight excluding hydrogens is 525 g/mol. The van der Waals surface area contributed by atoms with Crippen molar-refractivity contribution in [1.29, 1.82) is 0 Å². The van der Waals surface area contributed by atoms with Gasteiger partial charge in [-0.1, -0.05) is 25.7 Å². The Bertz CT molecular complexity index is 798. The van der Waals surface area contributed by atoms with Crippen molar-refractivity contribution in [2.45, 2.75) is 57.7 Å². The van der Waals surface area contributed by atoms with E-state index in [4.69, 9.17) is 5.73 Å². The molecule has 0 spiro atoms. The van der Waals surface area contributed by atoms with Crippen LogP contribution in [0.25, 0.3) is 0 Å². The molecule has 1 aliphatic rings. The fourth-order valence-electron chi connectivity index (χ4n) is 3.54. The van der Waals surface area contributed by atoms with Crippen LogP contribution in [0.3, 0.4) is 0 Å². The number of benzene rings is 2. The van der Waals surface area contributed by atoms with Crippen molar-refractivity contribution in [3.63, 3.8) is 0 Å². The zero-order valence-corrected chi connectivity index (χ0v) is 18.7. The van der Waals surface area contributed by atoms with Gasteiger partial charge in [0.25, 0.3) is 0 Å². The molecule has 2 aromatic carbocycles. The van der Waals surface area contributed by atoms with E-state index < -0.39 is 0 Å². The molecule has 1 heterocycles. The van der Waals surface area contributed by atoms with E-state index in [-0.39, 0.29) is 0 Å². The summed E-state index contributed by atoms with van der Waals surface area (Å²) < 4.78 is 5.80. The second kappa shape index (κ2) is 11.3. The van der Waals surface area contributed by atoms with Gasteiger partial charge >= 0.3 is 130 Å². The zero-order chi connectivity index (χ0) is 19.6. The van der Waals surface area contributed by atoms with E-state index in [0.29, 0.717) is 6.04 Å². The van der Waals surface area contributed by atoms with Crippen LogP contribution in [0.2, 0.25) is 0 Å². The van der Waals surface area contributed by atoms with Gasteiger partial charge in [-0.3, -0.25) is 0 Å². The molecule has 1 aromatic heterocycles. The molecule has 3 nitrogen and oxygen atoms in total. The van der Waals surface area contributed by atoms with Crippen molar-refractivity contribution < 1.29 is 19.4 Å². The number of nitrogens with zero attached hydrogens (tertiary/aromatic N) is 2. The average molecular weight is 557 g/mol. The van der Waals surface area contributed by atoms with E-state index in [1.807, 2.05) is 0 Å². The molecule has 1 fully saturated rings. The van der Waals surface area contributed by atoms with E-state index in [1.54, 1.807) is 0 Å². The first-order valence-electron chi connectivity index (χ1n) is 10.3. The minimum atomic E-state index is 0.525. The molecule has 0 unspecified atom stereocenters. The van der Waals surface area contributed by atoms with Crippen LogP contribution in [0, 0.1) is 3.80 Å². The fourth-order valence-corrected chi connectivity index (χ4v) is 4.24. The molecule has 2 N–H and O–H groups in total. The predicted octanol–water partition coefficient (Wildman–Crippen LogP) is 5.13. The SMILES string of the molecule is NC1CCCCCC1.[Pt]=[c]1n(Cc2ccccc2)ccn1Cc1ccccc1. The Morgan fingerprint density at radius 2 is 1.14 bits per heavy atom. The maximum atomic E-state index is 5.73. The van der Waals surface area contributed by atoms with Crippen LogP contribution in [0.1, 0.15) is 49.7 Å². The summed E-state index contributed by atoms with van der Waals surface area (Å²) in [7, 11) is 0. The molecule has 0 amide bonds. The third-order valence-corrected chi connectivity index (χ3v) is 6.46. The molecule has 3 aromatic rings. The number of nitrogens with two attached hydrogens (primary N) is 1. The topological polar surface area (TPSA) is 35.9 Å². The van der Waals surface area contributed by atoms with Crippen LogP contribution >= 0.6 is 0 Å². The molecule has 4 heteroatoms. The average Bonchev–Trinajstić information content (AvgIpc) is 2.91. The normalized spacial score (nSPS) is 14.8. The van der Waals surface area contributed by atoms with Gasteiger partial charge in [0.1, 0.15) is 0 Å². The Balaban J connectivity index is 0.000000236. The standard InChI is InChI=1S/C17H16N2.C7H15N.Pt/c1-3-7-16(8-4-1)13-18-11-12-19(15-18)14-17-9-5-2-6-10-17;8-7-5-3-1-2-4-6-7;/h1-12H,13-14H2;7H,1-6,8H2;. The van der Waals surface area contributed by atoms with Crippen molar-refractivity contribution in [3.05, 3.63) is 88.0 Å². The van der Waals surface area contributed by atoms with Gasteiger partial charge in [-0.05, 0) is 12.8 Å². The Morgan fingerprint density at radius 3 is 1.57 bits per heavy atom. The van der Waals surface area contributed by atoms with Crippen molar-refractivity contribution in [2.24, 2.45) is 5.73 Å². The third kappa shape index (κ3) is 6.72. The van der Waals surface area contributed by atoms with Crippen LogP contribution in [0.4, 0.5) is 0 Å². The minimum absolute atomic E-state index is 0.525. The Labute approximate surface area is 179 Å². The summed E-state index contributed by atoms with van der Waals surface area (Å²) in [5, 5.41) is 0. The van der Waals surface area contributed by atoms with Gasteiger partial charge in [0.2, 0.25) is 0 Å². The number of hydrogen-bond donors (Lipinski definition) is 1. The second-order valence-corrected chi connectivity index (χ2v) is 8.53. The van der Waals surface area contributed by atoms with E-state index in [2.05, 4.69) is 102 Å². The van der Waals surface area contributed by atoms with Crippen LogP contribution in [0.5, 0.6) is 0 Å². The van der Waals surface area contributed by atoms with Gasteiger partial charge in [-0.15, -0.1) is 0 Å². The number of aromatic nitrogens is 2. The first-order valence-corrected chi connectivity index (χ1v) is 11.4. The number of imidazole rings is 1. The first-order chi connectivity index (χ1) is 13.7. The zero-order valence-electron chi connectivity index (χ0n) is 16.5. The summed E-state index contributed by atoms with van der Waals surface area (Å²) in [4.78, 5) is 0. The Kier molecular flexibility index (Phi) is 8.51. The fraction of sp³-hybridized carbons (Fsp3) is 0.375. The van der Waals surface area contributed by atoms with E-state index >= 15 is 0 Å². The summed E-state index contributed by atoms with van der Waals surface area (Å²) in [6, 6.07) is 21.6. The van der Waals surface area contributed by atoms with E-state index in [0.717, 1.165) is 13.1 Å². The summed E-state index contributed by atoms with van der Waals surface area (Å²) in [5.41, 5.74) is 8.39. The first kappa shape index (κ1) is 21.0. The van der Waals surface area contributed by atoms with E-state index in [9.17, 15) is 0 Å². The maximum absolute atomic E-state index is 5.73. The molecule has 0 aliphatic heterocycles. The van der Waals surface area contributed by atoms with Gasteiger partial charge in [-0.2, -0.15) is 0 Å². The molecule has 1 saturated carbocycles. The van der Waals surface area contributed by atoms with Crippen LogP contribution in [0.15, 0.2) is 73.1 Å².